The van der Waals surface area contributed by atoms with Crippen LogP contribution in [0.3, 0.4) is 0 Å². The Morgan fingerprint density at radius 2 is 1.71 bits per heavy atom. The van der Waals surface area contributed by atoms with Crippen molar-refractivity contribution in [1.82, 2.24) is 4.90 Å². The van der Waals surface area contributed by atoms with Crippen molar-refractivity contribution in [3.05, 3.63) is 86.5 Å². The third kappa shape index (κ3) is 5.35. The Labute approximate surface area is 178 Å². The molecule has 4 nitrogen and oxygen atoms in total. The van der Waals surface area contributed by atoms with E-state index in [-0.39, 0.29) is 23.1 Å². The van der Waals surface area contributed by atoms with Crippen molar-refractivity contribution in [1.29, 1.82) is 0 Å². The van der Waals surface area contributed by atoms with E-state index in [0.29, 0.717) is 22.2 Å². The Bertz CT molecular complexity index is 1050. The zero-order chi connectivity index (χ0) is 20.1. The second-order valence-corrected chi connectivity index (χ2v) is 10.1. The minimum absolute atomic E-state index is 0.0637. The van der Waals surface area contributed by atoms with Gasteiger partial charge in [-0.2, -0.15) is 0 Å². The average Bonchev–Trinajstić information content (AvgIpc) is 3.18. The maximum absolute atomic E-state index is 13.0. The summed E-state index contributed by atoms with van der Waals surface area (Å²) in [6, 6.07) is 16.5. The Morgan fingerprint density at radius 1 is 0.964 bits per heavy atom. The normalized spacial score (nSPS) is 11.4. The van der Waals surface area contributed by atoms with Gasteiger partial charge in [0.15, 0.2) is 9.84 Å². The number of carbonyl (C=O) groups excluding carboxylic acids is 1. The number of rotatable bonds is 7. The Morgan fingerprint density at radius 3 is 2.36 bits per heavy atom. The largest absolute Gasteiger partial charge is 0.332 e. The van der Waals surface area contributed by atoms with Crippen LogP contribution in [-0.2, 0) is 16.4 Å². The van der Waals surface area contributed by atoms with Gasteiger partial charge < -0.3 is 4.90 Å². The molecule has 0 saturated carbocycles. The summed E-state index contributed by atoms with van der Waals surface area (Å²) < 4.78 is 25.3. The van der Waals surface area contributed by atoms with E-state index in [1.54, 1.807) is 24.3 Å². The van der Waals surface area contributed by atoms with Gasteiger partial charge in [0.25, 0.3) is 5.91 Å². The van der Waals surface area contributed by atoms with E-state index in [1.807, 2.05) is 17.5 Å². The molecule has 0 aliphatic heterocycles. The van der Waals surface area contributed by atoms with Gasteiger partial charge in [0.1, 0.15) is 0 Å². The first-order chi connectivity index (χ1) is 13.3. The molecule has 8 heteroatoms. The van der Waals surface area contributed by atoms with E-state index in [1.165, 1.54) is 40.5 Å². The maximum Gasteiger partial charge on any atom is 0.254 e. The molecule has 0 radical (unpaired) electrons. The van der Waals surface area contributed by atoms with Crippen LogP contribution in [0.5, 0.6) is 0 Å². The van der Waals surface area contributed by atoms with E-state index in [9.17, 15) is 13.2 Å². The van der Waals surface area contributed by atoms with E-state index in [2.05, 4.69) is 0 Å². The van der Waals surface area contributed by atoms with Gasteiger partial charge in [-0.25, -0.2) is 8.42 Å². The van der Waals surface area contributed by atoms with E-state index in [4.69, 9.17) is 23.2 Å². The minimum Gasteiger partial charge on any atom is -0.332 e. The molecular weight excluding hydrogens is 437 g/mol. The number of hydrogen-bond acceptors (Lipinski definition) is 4. The predicted molar refractivity (Wildman–Crippen MR) is 114 cm³/mol. The van der Waals surface area contributed by atoms with Crippen molar-refractivity contribution in [2.75, 3.05) is 12.3 Å². The quantitative estimate of drug-likeness (QED) is 0.495. The molecule has 0 aliphatic carbocycles. The molecule has 1 aromatic heterocycles. The standard InChI is InChI=1S/C20H17Cl2NO3S2/c21-16-6-8-19(9-7-16)28(25,26)12-10-23(14-18-5-2-11-27-18)20(24)15-3-1-4-17(22)13-15/h1-9,11,13H,10,12,14H2. The molecule has 0 spiro atoms. The highest BCUT2D eigenvalue weighted by molar-refractivity contribution is 7.91. The second kappa shape index (κ2) is 9.09. The van der Waals surface area contributed by atoms with Crippen LogP contribution in [0.25, 0.3) is 0 Å². The molecule has 0 unspecified atom stereocenters. The Kier molecular flexibility index (Phi) is 6.78. The van der Waals surface area contributed by atoms with Crippen LogP contribution in [0.15, 0.2) is 70.9 Å². The molecule has 0 aliphatic rings. The summed E-state index contributed by atoms with van der Waals surface area (Å²) in [4.78, 5) is 15.7. The van der Waals surface area contributed by atoms with Crippen molar-refractivity contribution in [2.45, 2.75) is 11.4 Å². The summed E-state index contributed by atoms with van der Waals surface area (Å²) >= 11 is 13.4. The molecule has 1 amide bonds. The van der Waals surface area contributed by atoms with Crippen LogP contribution in [0.2, 0.25) is 10.0 Å². The van der Waals surface area contributed by atoms with Gasteiger partial charge in [0, 0.05) is 27.0 Å². The summed E-state index contributed by atoms with van der Waals surface area (Å²) in [6.07, 6.45) is 0. The van der Waals surface area contributed by atoms with Gasteiger partial charge >= 0.3 is 0 Å². The fourth-order valence-electron chi connectivity index (χ4n) is 2.64. The molecule has 2 aromatic carbocycles. The number of carbonyl (C=O) groups is 1. The van der Waals surface area contributed by atoms with Crippen LogP contribution >= 0.6 is 34.5 Å². The fraction of sp³-hybridized carbons (Fsp3) is 0.150. The van der Waals surface area contributed by atoms with Crippen LogP contribution in [0, 0.1) is 0 Å². The first kappa shape index (κ1) is 20.9. The molecule has 0 saturated heterocycles. The van der Waals surface area contributed by atoms with E-state index >= 15 is 0 Å². The molecule has 1 heterocycles. The molecule has 0 atom stereocenters. The zero-order valence-corrected chi connectivity index (χ0v) is 17.9. The van der Waals surface area contributed by atoms with Crippen LogP contribution in [0.1, 0.15) is 15.2 Å². The van der Waals surface area contributed by atoms with Gasteiger partial charge in [-0.3, -0.25) is 4.79 Å². The molecular formula is C20H17Cl2NO3S2. The summed E-state index contributed by atoms with van der Waals surface area (Å²) in [5.41, 5.74) is 0.424. The lowest BCUT2D eigenvalue weighted by atomic mass is 10.2. The molecule has 0 bridgehead atoms. The number of nitrogens with zero attached hydrogens (tertiary/aromatic N) is 1. The van der Waals surface area contributed by atoms with Crippen LogP contribution in [-0.4, -0.2) is 31.5 Å². The lowest BCUT2D eigenvalue weighted by molar-refractivity contribution is 0.0755. The minimum atomic E-state index is -3.55. The molecule has 28 heavy (non-hydrogen) atoms. The van der Waals surface area contributed by atoms with E-state index < -0.39 is 9.84 Å². The van der Waals surface area contributed by atoms with Crippen LogP contribution < -0.4 is 0 Å². The smallest absolute Gasteiger partial charge is 0.254 e. The lowest BCUT2D eigenvalue weighted by Crippen LogP contribution is -2.34. The number of amides is 1. The maximum atomic E-state index is 13.0. The van der Waals surface area contributed by atoms with Crippen molar-refractivity contribution in [3.8, 4) is 0 Å². The lowest BCUT2D eigenvalue weighted by Gasteiger charge is -2.22. The SMILES string of the molecule is O=C(c1cccc(Cl)c1)N(CCS(=O)(=O)c1ccc(Cl)cc1)Cc1cccs1. The molecule has 3 rings (SSSR count). The van der Waals surface area contributed by atoms with Crippen molar-refractivity contribution < 1.29 is 13.2 Å². The number of hydrogen-bond donors (Lipinski definition) is 0. The molecule has 0 fully saturated rings. The number of halogens is 2. The Hall–Kier alpha value is -1.86. The molecule has 146 valence electrons. The highest BCUT2D eigenvalue weighted by atomic mass is 35.5. The highest BCUT2D eigenvalue weighted by Crippen LogP contribution is 2.19. The third-order valence-corrected chi connectivity index (χ3v) is 7.15. The molecule has 3 aromatic rings. The zero-order valence-electron chi connectivity index (χ0n) is 14.7. The van der Waals surface area contributed by atoms with Crippen molar-refractivity contribution >= 4 is 50.3 Å². The topological polar surface area (TPSA) is 54.5 Å². The van der Waals surface area contributed by atoms with E-state index in [0.717, 1.165) is 4.88 Å². The summed E-state index contributed by atoms with van der Waals surface area (Å²) in [5.74, 6) is -0.450. The fourth-order valence-corrected chi connectivity index (χ4v) is 4.92. The summed E-state index contributed by atoms with van der Waals surface area (Å²) in [6.45, 7) is 0.396. The Balaban J connectivity index is 1.80. The number of sulfone groups is 1. The summed E-state index contributed by atoms with van der Waals surface area (Å²) in [5, 5.41) is 2.84. The first-order valence-electron chi connectivity index (χ1n) is 8.41. The second-order valence-electron chi connectivity index (χ2n) is 6.09. The van der Waals surface area contributed by atoms with Crippen LogP contribution in [0.4, 0.5) is 0 Å². The first-order valence-corrected chi connectivity index (χ1v) is 11.7. The van der Waals surface area contributed by atoms with Crippen molar-refractivity contribution in [2.24, 2.45) is 0 Å². The van der Waals surface area contributed by atoms with Crippen molar-refractivity contribution in [3.63, 3.8) is 0 Å². The highest BCUT2D eigenvalue weighted by Gasteiger charge is 2.21. The van der Waals surface area contributed by atoms with Gasteiger partial charge in [0.05, 0.1) is 17.2 Å². The summed E-state index contributed by atoms with van der Waals surface area (Å²) in [7, 11) is -3.55. The monoisotopic (exact) mass is 453 g/mol. The third-order valence-electron chi connectivity index (χ3n) is 4.09. The average molecular weight is 454 g/mol. The van der Waals surface area contributed by atoms with Gasteiger partial charge in [0.2, 0.25) is 0 Å². The van der Waals surface area contributed by atoms with Gasteiger partial charge in [-0.1, -0.05) is 35.3 Å². The predicted octanol–water partition coefficient (Wildman–Crippen LogP) is 5.17. The van der Waals surface area contributed by atoms with Gasteiger partial charge in [-0.05, 0) is 53.9 Å². The number of thiophene rings is 1. The number of benzene rings is 2. The molecule has 0 N–H and O–H groups in total. The van der Waals surface area contributed by atoms with Gasteiger partial charge in [-0.15, -0.1) is 11.3 Å².